The average molecular weight is 314 g/mol. The van der Waals surface area contributed by atoms with E-state index >= 15 is 0 Å². The van der Waals surface area contributed by atoms with Gasteiger partial charge in [-0.15, -0.1) is 0 Å². The van der Waals surface area contributed by atoms with Gasteiger partial charge >= 0.3 is 0 Å². The average Bonchev–Trinajstić information content (AvgIpc) is 2.73. The summed E-state index contributed by atoms with van der Waals surface area (Å²) in [5.74, 6) is -0.445. The molecule has 1 fully saturated rings. The summed E-state index contributed by atoms with van der Waals surface area (Å²) in [6, 6.07) is 5.11. The Kier molecular flexibility index (Phi) is 4.05. The molecule has 1 aromatic rings. The summed E-state index contributed by atoms with van der Waals surface area (Å²) in [6.45, 7) is 4.15. The van der Waals surface area contributed by atoms with Crippen molar-refractivity contribution < 1.29 is 9.18 Å². The maximum atomic E-state index is 13.5. The van der Waals surface area contributed by atoms with Crippen LogP contribution >= 0.6 is 15.9 Å². The van der Waals surface area contributed by atoms with Crippen LogP contribution < -0.4 is 0 Å². The zero-order valence-electron chi connectivity index (χ0n) is 10.6. The third-order valence-electron chi connectivity index (χ3n) is 3.66. The van der Waals surface area contributed by atoms with Crippen molar-refractivity contribution in [2.45, 2.75) is 45.2 Å². The second-order valence-corrected chi connectivity index (χ2v) is 5.68. The molecule has 2 rings (SSSR count). The van der Waals surface area contributed by atoms with Gasteiger partial charge in [0, 0.05) is 17.6 Å². The number of carbonyl (C=O) groups is 1. The lowest BCUT2D eigenvalue weighted by Crippen LogP contribution is -2.39. The summed E-state index contributed by atoms with van der Waals surface area (Å²) < 4.78 is 13.9. The molecular formula is C14H17BrFNO. The number of amides is 1. The molecule has 2 atom stereocenters. The van der Waals surface area contributed by atoms with Gasteiger partial charge < -0.3 is 4.90 Å². The van der Waals surface area contributed by atoms with E-state index in [1.165, 1.54) is 6.07 Å². The van der Waals surface area contributed by atoms with Crippen LogP contribution in [0.1, 0.15) is 43.5 Å². The van der Waals surface area contributed by atoms with Crippen molar-refractivity contribution in [2.24, 2.45) is 0 Å². The molecule has 1 saturated heterocycles. The molecule has 1 aromatic carbocycles. The quantitative estimate of drug-likeness (QED) is 0.808. The zero-order chi connectivity index (χ0) is 13.3. The number of benzene rings is 1. The first kappa shape index (κ1) is 13.5. The number of nitrogens with zero attached hydrogens (tertiary/aromatic N) is 1. The Morgan fingerprint density at radius 1 is 1.50 bits per heavy atom. The number of halogens is 2. The van der Waals surface area contributed by atoms with Crippen molar-refractivity contribution in [3.05, 3.63) is 34.1 Å². The van der Waals surface area contributed by atoms with Gasteiger partial charge in [0.15, 0.2) is 0 Å². The highest BCUT2D eigenvalue weighted by Crippen LogP contribution is 2.28. The summed E-state index contributed by atoms with van der Waals surface area (Å²) in [4.78, 5) is 14.3. The van der Waals surface area contributed by atoms with Crippen LogP contribution in [0.5, 0.6) is 0 Å². The Hall–Kier alpha value is -0.900. The first-order chi connectivity index (χ1) is 8.54. The topological polar surface area (TPSA) is 20.3 Å². The fourth-order valence-corrected chi connectivity index (χ4v) is 2.86. The molecule has 0 N–H and O–H groups in total. The van der Waals surface area contributed by atoms with Gasteiger partial charge in [-0.25, -0.2) is 4.39 Å². The van der Waals surface area contributed by atoms with Crippen LogP contribution in [0.2, 0.25) is 0 Å². The Labute approximate surface area is 115 Å². The molecule has 2 unspecified atom stereocenters. The van der Waals surface area contributed by atoms with Gasteiger partial charge in [0.2, 0.25) is 0 Å². The molecule has 98 valence electrons. The minimum Gasteiger partial charge on any atom is -0.333 e. The highest BCUT2D eigenvalue weighted by atomic mass is 79.9. The molecule has 0 aromatic heterocycles. The number of carbonyl (C=O) groups excluding carboxylic acids is 1. The third-order valence-corrected chi connectivity index (χ3v) is 4.30. The molecule has 18 heavy (non-hydrogen) atoms. The van der Waals surface area contributed by atoms with Crippen molar-refractivity contribution in [2.75, 3.05) is 0 Å². The normalized spacial score (nSPS) is 23.4. The van der Waals surface area contributed by atoms with E-state index in [1.807, 2.05) is 4.90 Å². The third kappa shape index (κ3) is 2.44. The lowest BCUT2D eigenvalue weighted by atomic mass is 10.1. The lowest BCUT2D eigenvalue weighted by molar-refractivity contribution is 0.0676. The van der Waals surface area contributed by atoms with E-state index in [4.69, 9.17) is 0 Å². The molecule has 0 radical (unpaired) electrons. The first-order valence-corrected chi connectivity index (χ1v) is 7.11. The van der Waals surface area contributed by atoms with E-state index < -0.39 is 0 Å². The molecule has 2 nitrogen and oxygen atoms in total. The van der Waals surface area contributed by atoms with Crippen LogP contribution in [-0.4, -0.2) is 22.9 Å². The van der Waals surface area contributed by atoms with Gasteiger partial charge in [0.05, 0.1) is 4.47 Å². The van der Waals surface area contributed by atoms with Crippen molar-refractivity contribution in [1.82, 2.24) is 4.90 Å². The number of hydrogen-bond donors (Lipinski definition) is 0. The van der Waals surface area contributed by atoms with Crippen molar-refractivity contribution in [3.8, 4) is 0 Å². The number of likely N-dealkylation sites (tertiary alicyclic amines) is 1. The van der Waals surface area contributed by atoms with Gasteiger partial charge in [-0.3, -0.25) is 4.79 Å². The second-order valence-electron chi connectivity index (χ2n) is 4.83. The minimum atomic E-state index is -0.388. The van der Waals surface area contributed by atoms with Gasteiger partial charge in [-0.05, 0) is 60.3 Å². The van der Waals surface area contributed by atoms with Crippen LogP contribution in [0.15, 0.2) is 22.7 Å². The maximum absolute atomic E-state index is 13.5. The Morgan fingerprint density at radius 2 is 2.22 bits per heavy atom. The van der Waals surface area contributed by atoms with E-state index in [9.17, 15) is 9.18 Å². The summed E-state index contributed by atoms with van der Waals surface area (Å²) in [5, 5.41) is 0. The predicted molar refractivity (Wildman–Crippen MR) is 73.0 cm³/mol. The van der Waals surface area contributed by atoms with Crippen LogP contribution in [-0.2, 0) is 0 Å². The van der Waals surface area contributed by atoms with E-state index in [0.717, 1.165) is 19.3 Å². The summed E-state index contributed by atoms with van der Waals surface area (Å²) in [6.07, 6.45) is 3.03. The highest BCUT2D eigenvalue weighted by molar-refractivity contribution is 9.10. The smallest absolute Gasteiger partial charge is 0.254 e. The predicted octanol–water partition coefficient (Wildman–Crippen LogP) is 3.99. The van der Waals surface area contributed by atoms with Gasteiger partial charge in [0.1, 0.15) is 5.82 Å². The van der Waals surface area contributed by atoms with Gasteiger partial charge in [0.25, 0.3) is 5.91 Å². The van der Waals surface area contributed by atoms with E-state index in [0.29, 0.717) is 16.1 Å². The standard InChI is InChI=1S/C14H17BrFNO/c1-3-11-6-4-9(2)17(11)14(18)10-5-7-12(15)13(16)8-10/h5,7-9,11H,3-4,6H2,1-2H3. The first-order valence-electron chi connectivity index (χ1n) is 6.32. The molecule has 4 heteroatoms. The highest BCUT2D eigenvalue weighted by Gasteiger charge is 2.33. The molecule has 0 bridgehead atoms. The van der Waals surface area contributed by atoms with E-state index in [2.05, 4.69) is 29.8 Å². The molecule has 1 heterocycles. The Morgan fingerprint density at radius 3 is 2.83 bits per heavy atom. The molecular weight excluding hydrogens is 297 g/mol. The number of rotatable bonds is 2. The molecule has 1 aliphatic heterocycles. The Bertz CT molecular complexity index is 463. The molecule has 0 aliphatic carbocycles. The Balaban J connectivity index is 2.27. The maximum Gasteiger partial charge on any atom is 0.254 e. The van der Waals surface area contributed by atoms with Gasteiger partial charge in [-0.2, -0.15) is 0 Å². The van der Waals surface area contributed by atoms with Crippen LogP contribution in [0.3, 0.4) is 0 Å². The monoisotopic (exact) mass is 313 g/mol. The van der Waals surface area contributed by atoms with Crippen LogP contribution in [0, 0.1) is 5.82 Å². The van der Waals surface area contributed by atoms with E-state index in [1.54, 1.807) is 12.1 Å². The van der Waals surface area contributed by atoms with Crippen LogP contribution in [0.4, 0.5) is 4.39 Å². The minimum absolute atomic E-state index is 0.0572. The van der Waals surface area contributed by atoms with Crippen molar-refractivity contribution >= 4 is 21.8 Å². The SMILES string of the molecule is CCC1CCC(C)N1C(=O)c1ccc(Br)c(F)c1. The van der Waals surface area contributed by atoms with Crippen molar-refractivity contribution in [3.63, 3.8) is 0 Å². The summed E-state index contributed by atoms with van der Waals surface area (Å²) >= 11 is 3.10. The van der Waals surface area contributed by atoms with Crippen molar-refractivity contribution in [1.29, 1.82) is 0 Å². The summed E-state index contributed by atoms with van der Waals surface area (Å²) in [5.41, 5.74) is 0.433. The van der Waals surface area contributed by atoms with E-state index in [-0.39, 0.29) is 17.8 Å². The molecule has 1 amide bonds. The fourth-order valence-electron chi connectivity index (χ4n) is 2.62. The lowest BCUT2D eigenvalue weighted by Gasteiger charge is -2.28. The fraction of sp³-hybridized carbons (Fsp3) is 0.500. The molecule has 1 aliphatic rings. The largest absolute Gasteiger partial charge is 0.333 e. The molecule has 0 saturated carbocycles. The zero-order valence-corrected chi connectivity index (χ0v) is 12.2. The van der Waals surface area contributed by atoms with Crippen LogP contribution in [0.25, 0.3) is 0 Å². The van der Waals surface area contributed by atoms with Gasteiger partial charge in [-0.1, -0.05) is 6.92 Å². The number of hydrogen-bond acceptors (Lipinski definition) is 1. The molecule has 0 spiro atoms. The summed E-state index contributed by atoms with van der Waals surface area (Å²) in [7, 11) is 0. The second kappa shape index (κ2) is 5.39.